The van der Waals surface area contributed by atoms with Crippen molar-refractivity contribution in [2.24, 2.45) is 11.3 Å². The number of nitrogens with zero attached hydrogens (tertiary/aromatic N) is 1. The fourth-order valence-corrected chi connectivity index (χ4v) is 4.10. The molecule has 0 amide bonds. The quantitative estimate of drug-likeness (QED) is 0.220. The van der Waals surface area contributed by atoms with Crippen molar-refractivity contribution in [3.63, 3.8) is 0 Å². The van der Waals surface area contributed by atoms with Crippen LogP contribution in [0.5, 0.6) is 0 Å². The van der Waals surface area contributed by atoms with E-state index in [0.29, 0.717) is 19.1 Å². The van der Waals surface area contributed by atoms with E-state index in [9.17, 15) is 10.1 Å². The maximum absolute atomic E-state index is 12.0. The predicted molar refractivity (Wildman–Crippen MR) is 91.5 cm³/mol. The smallest absolute Gasteiger partial charge is 0.348 e. The van der Waals surface area contributed by atoms with Gasteiger partial charge in [-0.2, -0.15) is 5.26 Å². The van der Waals surface area contributed by atoms with Crippen LogP contribution in [0.2, 0.25) is 0 Å². The van der Waals surface area contributed by atoms with Gasteiger partial charge in [0.25, 0.3) is 0 Å². The SMILES string of the molecule is CCOC(=O)/C(C#N)=C1\CCC2(C)C(CCC2OCOCCOC)C1. The lowest BCUT2D eigenvalue weighted by Gasteiger charge is -2.41. The Kier molecular flexibility index (Phi) is 7.42. The van der Waals surface area contributed by atoms with Gasteiger partial charge in [-0.3, -0.25) is 0 Å². The van der Waals surface area contributed by atoms with E-state index in [1.165, 1.54) is 0 Å². The summed E-state index contributed by atoms with van der Waals surface area (Å²) in [6.45, 7) is 5.68. The van der Waals surface area contributed by atoms with Crippen molar-refractivity contribution in [3.8, 4) is 6.07 Å². The summed E-state index contributed by atoms with van der Waals surface area (Å²) in [6, 6.07) is 2.06. The van der Waals surface area contributed by atoms with E-state index in [1.54, 1.807) is 14.0 Å². The molecule has 2 aliphatic rings. The van der Waals surface area contributed by atoms with Gasteiger partial charge in [0, 0.05) is 7.11 Å². The number of nitriles is 1. The molecule has 0 aromatic carbocycles. The first-order valence-corrected chi connectivity index (χ1v) is 9.04. The van der Waals surface area contributed by atoms with Gasteiger partial charge in [0.1, 0.15) is 18.4 Å². The van der Waals surface area contributed by atoms with E-state index in [2.05, 4.69) is 13.0 Å². The maximum Gasteiger partial charge on any atom is 0.348 e. The predicted octanol–water partition coefficient (Wildman–Crippen LogP) is 2.98. The zero-order valence-electron chi connectivity index (χ0n) is 15.5. The van der Waals surface area contributed by atoms with Gasteiger partial charge in [-0.1, -0.05) is 6.92 Å². The van der Waals surface area contributed by atoms with Crippen molar-refractivity contribution in [1.29, 1.82) is 5.26 Å². The van der Waals surface area contributed by atoms with E-state index in [1.807, 2.05) is 0 Å². The molecule has 2 aliphatic carbocycles. The van der Waals surface area contributed by atoms with Gasteiger partial charge in [-0.25, -0.2) is 4.79 Å². The van der Waals surface area contributed by atoms with Crippen molar-refractivity contribution in [1.82, 2.24) is 0 Å². The fourth-order valence-electron chi connectivity index (χ4n) is 4.10. The van der Waals surface area contributed by atoms with Crippen LogP contribution in [0.3, 0.4) is 0 Å². The molecule has 6 heteroatoms. The van der Waals surface area contributed by atoms with E-state index >= 15 is 0 Å². The summed E-state index contributed by atoms with van der Waals surface area (Å²) in [4.78, 5) is 12.0. The van der Waals surface area contributed by atoms with Crippen LogP contribution in [0.25, 0.3) is 0 Å². The maximum atomic E-state index is 12.0. The normalized spacial score (nSPS) is 30.5. The third kappa shape index (κ3) is 4.60. The molecule has 0 aromatic heterocycles. The second kappa shape index (κ2) is 9.33. The number of carbonyl (C=O) groups is 1. The molecular weight excluding hydrogens is 322 g/mol. The minimum atomic E-state index is -0.485. The molecule has 0 spiro atoms. The Hall–Kier alpha value is -1.42. The number of hydrogen-bond acceptors (Lipinski definition) is 6. The van der Waals surface area contributed by atoms with Crippen LogP contribution in [-0.2, 0) is 23.7 Å². The molecule has 0 aromatic rings. The lowest BCUT2D eigenvalue weighted by Crippen LogP contribution is -2.38. The van der Waals surface area contributed by atoms with Crippen molar-refractivity contribution < 1.29 is 23.7 Å². The second-order valence-electron chi connectivity index (χ2n) is 6.97. The molecule has 0 saturated heterocycles. The minimum Gasteiger partial charge on any atom is -0.462 e. The van der Waals surface area contributed by atoms with Crippen molar-refractivity contribution in [2.75, 3.05) is 33.7 Å². The molecule has 0 N–H and O–H groups in total. The Morgan fingerprint density at radius 2 is 2.16 bits per heavy atom. The van der Waals surface area contributed by atoms with Gasteiger partial charge in [0.2, 0.25) is 0 Å². The molecule has 6 nitrogen and oxygen atoms in total. The van der Waals surface area contributed by atoms with E-state index in [4.69, 9.17) is 18.9 Å². The number of fused-ring (bicyclic) bond motifs is 1. The fraction of sp³-hybridized carbons (Fsp3) is 0.789. The molecule has 2 fully saturated rings. The molecule has 0 bridgehead atoms. The molecule has 2 rings (SSSR count). The molecule has 25 heavy (non-hydrogen) atoms. The number of hydrogen-bond donors (Lipinski definition) is 0. The summed E-state index contributed by atoms with van der Waals surface area (Å²) < 4.78 is 21.4. The van der Waals surface area contributed by atoms with Crippen molar-refractivity contribution >= 4 is 5.97 Å². The highest BCUT2D eigenvalue weighted by molar-refractivity contribution is 5.93. The van der Waals surface area contributed by atoms with Gasteiger partial charge in [0.15, 0.2) is 0 Å². The van der Waals surface area contributed by atoms with Gasteiger partial charge in [-0.05, 0) is 55.9 Å². The molecule has 0 aliphatic heterocycles. The second-order valence-corrected chi connectivity index (χ2v) is 6.97. The summed E-state index contributed by atoms with van der Waals surface area (Å²) >= 11 is 0. The highest BCUT2D eigenvalue weighted by Gasteiger charge is 2.49. The number of esters is 1. The van der Waals surface area contributed by atoms with Gasteiger partial charge in [-0.15, -0.1) is 0 Å². The largest absolute Gasteiger partial charge is 0.462 e. The topological polar surface area (TPSA) is 77.8 Å². The molecule has 0 radical (unpaired) electrons. The Morgan fingerprint density at radius 3 is 2.84 bits per heavy atom. The molecule has 140 valence electrons. The number of allylic oxidation sites excluding steroid dienone is 1. The van der Waals surface area contributed by atoms with Crippen LogP contribution in [0.1, 0.15) is 46.0 Å². The van der Waals surface area contributed by atoms with Crippen LogP contribution in [0.4, 0.5) is 0 Å². The molecule has 3 unspecified atom stereocenters. The zero-order valence-corrected chi connectivity index (χ0v) is 15.5. The van der Waals surface area contributed by atoms with Crippen molar-refractivity contribution in [2.45, 2.75) is 52.1 Å². The number of methoxy groups -OCH3 is 1. The van der Waals surface area contributed by atoms with Gasteiger partial charge < -0.3 is 18.9 Å². The van der Waals surface area contributed by atoms with Crippen molar-refractivity contribution in [3.05, 3.63) is 11.1 Å². The summed E-state index contributed by atoms with van der Waals surface area (Å²) in [7, 11) is 1.64. The monoisotopic (exact) mass is 351 g/mol. The Morgan fingerprint density at radius 1 is 1.36 bits per heavy atom. The highest BCUT2D eigenvalue weighted by Crippen LogP contribution is 2.54. The first-order chi connectivity index (χ1) is 12.1. The van der Waals surface area contributed by atoms with Crippen LogP contribution in [0, 0.1) is 22.7 Å². The average molecular weight is 351 g/mol. The van der Waals surface area contributed by atoms with E-state index < -0.39 is 5.97 Å². The molecule has 3 atom stereocenters. The third-order valence-corrected chi connectivity index (χ3v) is 5.63. The summed E-state index contributed by atoms with van der Waals surface area (Å²) in [6.07, 6.45) is 4.64. The minimum absolute atomic E-state index is 0.0728. The highest BCUT2D eigenvalue weighted by atomic mass is 16.7. The number of rotatable bonds is 8. The summed E-state index contributed by atoms with van der Waals surface area (Å²) in [5, 5.41) is 9.36. The zero-order chi connectivity index (χ0) is 18.3. The molecular formula is C19H29NO5. The van der Waals surface area contributed by atoms with Crippen LogP contribution < -0.4 is 0 Å². The lowest BCUT2D eigenvalue weighted by atomic mass is 9.66. The summed E-state index contributed by atoms with van der Waals surface area (Å²) in [5.74, 6) is -0.0565. The van der Waals surface area contributed by atoms with Gasteiger partial charge >= 0.3 is 5.97 Å². The Labute approximate surface area is 150 Å². The van der Waals surface area contributed by atoms with Crippen LogP contribution >= 0.6 is 0 Å². The average Bonchev–Trinajstić information content (AvgIpc) is 2.92. The van der Waals surface area contributed by atoms with Crippen LogP contribution in [0.15, 0.2) is 11.1 Å². The third-order valence-electron chi connectivity index (χ3n) is 5.63. The first kappa shape index (κ1) is 19.9. The van der Waals surface area contributed by atoms with E-state index in [-0.39, 0.29) is 30.5 Å². The lowest BCUT2D eigenvalue weighted by molar-refractivity contribution is -0.138. The standard InChI is InChI=1S/C19H29NO5/c1-4-24-18(21)16(12-20)14-7-8-19(2)15(11-14)5-6-17(19)25-13-23-10-9-22-3/h15,17H,4-11,13H2,1-3H3/b16-14+. The number of carbonyl (C=O) groups excluding carboxylic acids is 1. The Balaban J connectivity index is 1.97. The first-order valence-electron chi connectivity index (χ1n) is 9.04. The van der Waals surface area contributed by atoms with Gasteiger partial charge in [0.05, 0.1) is 25.9 Å². The summed E-state index contributed by atoms with van der Waals surface area (Å²) in [5.41, 5.74) is 1.22. The Bertz CT molecular complexity index is 538. The van der Waals surface area contributed by atoms with E-state index in [0.717, 1.165) is 37.7 Å². The molecule has 0 heterocycles. The number of ether oxygens (including phenoxy) is 4. The van der Waals surface area contributed by atoms with Crippen LogP contribution in [-0.4, -0.2) is 45.8 Å². The molecule has 2 saturated carbocycles.